The molecular weight excluding hydrogens is 282 g/mol. The molecule has 1 aromatic heterocycles. The summed E-state index contributed by atoms with van der Waals surface area (Å²) < 4.78 is 27.5. The molecule has 0 saturated carbocycles. The average Bonchev–Trinajstić information content (AvgIpc) is 2.87. The number of rotatable bonds is 2. The molecule has 5 nitrogen and oxygen atoms in total. The Morgan fingerprint density at radius 1 is 1.26 bits per heavy atom. The molecule has 0 fully saturated rings. The summed E-state index contributed by atoms with van der Waals surface area (Å²) >= 11 is 1.52. The van der Waals surface area contributed by atoms with E-state index in [1.165, 1.54) is 19.9 Å². The zero-order chi connectivity index (χ0) is 13.6. The minimum absolute atomic E-state index is 0.329. The smallest absolute Gasteiger partial charge is 0.254 e. The first-order chi connectivity index (χ1) is 9.00. The van der Waals surface area contributed by atoms with Crippen molar-refractivity contribution in [3.8, 4) is 0 Å². The van der Waals surface area contributed by atoms with Crippen molar-refractivity contribution in [3.05, 3.63) is 40.3 Å². The first-order valence-corrected chi connectivity index (χ1v) is 7.98. The lowest BCUT2D eigenvalue weighted by atomic mass is 10.2. The molecule has 100 valence electrons. The standard InChI is InChI=1S/C12H13N3O2S2/c1-9-13-7-10(18-9)8-15-12-6-4-3-5-11(12)14(2)19(15,16)17/h3-7H,8H2,1-2H3. The van der Waals surface area contributed by atoms with Crippen molar-refractivity contribution in [1.29, 1.82) is 0 Å². The van der Waals surface area contributed by atoms with Gasteiger partial charge in [0.25, 0.3) is 0 Å². The van der Waals surface area contributed by atoms with Gasteiger partial charge in [0.1, 0.15) is 0 Å². The normalized spacial score (nSPS) is 16.7. The van der Waals surface area contributed by atoms with Gasteiger partial charge in [0.2, 0.25) is 0 Å². The molecule has 1 aliphatic rings. The van der Waals surface area contributed by atoms with Crippen LogP contribution in [0.3, 0.4) is 0 Å². The van der Waals surface area contributed by atoms with Gasteiger partial charge in [0.05, 0.1) is 22.9 Å². The van der Waals surface area contributed by atoms with Gasteiger partial charge in [-0.3, -0.25) is 4.31 Å². The maximum absolute atomic E-state index is 12.4. The molecule has 1 aromatic carbocycles. The minimum Gasteiger partial charge on any atom is -0.254 e. The van der Waals surface area contributed by atoms with Gasteiger partial charge in [0, 0.05) is 18.1 Å². The van der Waals surface area contributed by atoms with Crippen molar-refractivity contribution in [3.63, 3.8) is 0 Å². The van der Waals surface area contributed by atoms with Crippen LogP contribution in [0.4, 0.5) is 11.4 Å². The lowest BCUT2D eigenvalue weighted by Gasteiger charge is -2.17. The van der Waals surface area contributed by atoms with Crippen LogP contribution in [0.25, 0.3) is 0 Å². The molecule has 0 aliphatic carbocycles. The molecule has 1 aliphatic heterocycles. The van der Waals surface area contributed by atoms with Crippen LogP contribution >= 0.6 is 11.3 Å². The topological polar surface area (TPSA) is 53.5 Å². The SMILES string of the molecule is Cc1ncc(CN2c3ccccc3N(C)S2(=O)=O)s1. The number of fused-ring (bicyclic) bond motifs is 1. The molecule has 0 spiro atoms. The first kappa shape index (κ1) is 12.4. The third-order valence-electron chi connectivity index (χ3n) is 3.08. The van der Waals surface area contributed by atoms with Crippen LogP contribution in [0.15, 0.2) is 30.5 Å². The Morgan fingerprint density at radius 3 is 2.58 bits per heavy atom. The van der Waals surface area contributed by atoms with Crippen LogP contribution in [0.5, 0.6) is 0 Å². The number of benzene rings is 1. The maximum atomic E-state index is 12.4. The van der Waals surface area contributed by atoms with Gasteiger partial charge in [-0.15, -0.1) is 11.3 Å². The fourth-order valence-electron chi connectivity index (χ4n) is 2.12. The van der Waals surface area contributed by atoms with E-state index >= 15 is 0 Å². The highest BCUT2D eigenvalue weighted by Crippen LogP contribution is 2.40. The van der Waals surface area contributed by atoms with Crippen LogP contribution in [0.1, 0.15) is 9.88 Å². The molecule has 0 bridgehead atoms. The molecule has 0 amide bonds. The van der Waals surface area contributed by atoms with E-state index in [9.17, 15) is 8.42 Å². The molecule has 0 N–H and O–H groups in total. The predicted molar refractivity (Wildman–Crippen MR) is 76.8 cm³/mol. The summed E-state index contributed by atoms with van der Waals surface area (Å²) in [7, 11) is -1.89. The van der Waals surface area contributed by atoms with Crippen molar-refractivity contribution < 1.29 is 8.42 Å². The third-order valence-corrected chi connectivity index (χ3v) is 5.75. The van der Waals surface area contributed by atoms with Crippen LogP contribution < -0.4 is 8.61 Å². The zero-order valence-corrected chi connectivity index (χ0v) is 12.2. The van der Waals surface area contributed by atoms with E-state index < -0.39 is 10.2 Å². The number of hydrogen-bond acceptors (Lipinski definition) is 4. The van der Waals surface area contributed by atoms with Crippen molar-refractivity contribution in [2.24, 2.45) is 0 Å². The summed E-state index contributed by atoms with van der Waals surface area (Å²) in [5.41, 5.74) is 1.43. The Balaban J connectivity index is 2.05. The number of aromatic nitrogens is 1. The molecule has 0 radical (unpaired) electrons. The second-order valence-corrected chi connectivity index (χ2v) is 7.52. The minimum atomic E-state index is -3.47. The van der Waals surface area contributed by atoms with Crippen molar-refractivity contribution in [2.45, 2.75) is 13.5 Å². The summed E-state index contributed by atoms with van der Waals surface area (Å²) in [5, 5.41) is 0.938. The van der Waals surface area contributed by atoms with Gasteiger partial charge in [0.15, 0.2) is 0 Å². The number of hydrogen-bond donors (Lipinski definition) is 0. The quantitative estimate of drug-likeness (QED) is 0.853. The lowest BCUT2D eigenvalue weighted by molar-refractivity contribution is 0.592. The van der Waals surface area contributed by atoms with Crippen LogP contribution in [0, 0.1) is 6.92 Å². The fourth-order valence-corrected chi connectivity index (χ4v) is 4.39. The third kappa shape index (κ3) is 1.89. The second kappa shape index (κ2) is 4.21. The van der Waals surface area contributed by atoms with Crippen LogP contribution in [-0.4, -0.2) is 20.4 Å². The summed E-state index contributed by atoms with van der Waals surface area (Å²) in [6, 6.07) is 7.32. The molecule has 2 heterocycles. The Bertz CT molecular complexity index is 724. The van der Waals surface area contributed by atoms with E-state index in [1.54, 1.807) is 13.2 Å². The Morgan fingerprint density at radius 2 is 1.95 bits per heavy atom. The lowest BCUT2D eigenvalue weighted by Crippen LogP contribution is -2.34. The van der Waals surface area contributed by atoms with Gasteiger partial charge in [-0.1, -0.05) is 12.1 Å². The van der Waals surface area contributed by atoms with Crippen LogP contribution in [-0.2, 0) is 16.8 Å². The number of nitrogens with zero attached hydrogens (tertiary/aromatic N) is 3. The number of aryl methyl sites for hydroxylation is 1. The summed E-state index contributed by atoms with van der Waals surface area (Å²) in [5.74, 6) is 0. The van der Waals surface area contributed by atoms with Gasteiger partial charge in [-0.25, -0.2) is 9.29 Å². The monoisotopic (exact) mass is 295 g/mol. The number of thiazole rings is 1. The van der Waals surface area contributed by atoms with Crippen molar-refractivity contribution in [2.75, 3.05) is 15.7 Å². The van der Waals surface area contributed by atoms with E-state index in [1.807, 2.05) is 31.2 Å². The average molecular weight is 295 g/mol. The molecule has 3 rings (SSSR count). The predicted octanol–water partition coefficient (Wildman–Crippen LogP) is 2.15. The van der Waals surface area contributed by atoms with E-state index in [0.29, 0.717) is 12.2 Å². The number of anilines is 2. The fraction of sp³-hybridized carbons (Fsp3) is 0.250. The van der Waals surface area contributed by atoms with Gasteiger partial charge in [-0.2, -0.15) is 8.42 Å². The Labute approximate surface area is 116 Å². The second-order valence-electron chi connectivity index (χ2n) is 4.32. The number of para-hydroxylation sites is 2. The molecule has 0 atom stereocenters. The first-order valence-electron chi connectivity index (χ1n) is 5.77. The highest BCUT2D eigenvalue weighted by Gasteiger charge is 2.37. The van der Waals surface area contributed by atoms with Gasteiger partial charge < -0.3 is 0 Å². The Kier molecular flexibility index (Phi) is 2.75. The Hall–Kier alpha value is -1.60. The molecular formula is C12H13N3O2S2. The molecule has 7 heteroatoms. The highest BCUT2D eigenvalue weighted by atomic mass is 32.2. The van der Waals surface area contributed by atoms with E-state index in [2.05, 4.69) is 4.98 Å². The maximum Gasteiger partial charge on any atom is 0.326 e. The van der Waals surface area contributed by atoms with Gasteiger partial charge in [-0.05, 0) is 19.1 Å². The highest BCUT2D eigenvalue weighted by molar-refractivity contribution is 7.94. The molecule has 0 unspecified atom stereocenters. The summed E-state index contributed by atoms with van der Waals surface area (Å²) in [6.07, 6.45) is 1.73. The molecule has 2 aromatic rings. The largest absolute Gasteiger partial charge is 0.326 e. The zero-order valence-electron chi connectivity index (χ0n) is 10.6. The van der Waals surface area contributed by atoms with Crippen molar-refractivity contribution >= 4 is 32.9 Å². The van der Waals surface area contributed by atoms with Gasteiger partial charge >= 0.3 is 10.2 Å². The summed E-state index contributed by atoms with van der Waals surface area (Å²) in [4.78, 5) is 5.10. The van der Waals surface area contributed by atoms with Crippen molar-refractivity contribution in [1.82, 2.24) is 4.98 Å². The van der Waals surface area contributed by atoms with E-state index in [4.69, 9.17) is 0 Å². The summed E-state index contributed by atoms with van der Waals surface area (Å²) in [6.45, 7) is 2.24. The molecule has 0 saturated heterocycles. The molecule has 19 heavy (non-hydrogen) atoms. The van der Waals surface area contributed by atoms with Crippen LogP contribution in [0.2, 0.25) is 0 Å². The van der Waals surface area contributed by atoms with E-state index in [0.717, 1.165) is 15.6 Å². The van der Waals surface area contributed by atoms with E-state index in [-0.39, 0.29) is 0 Å².